The predicted molar refractivity (Wildman–Crippen MR) is 135 cm³/mol. The average molecular weight is 536 g/mol. The van der Waals surface area contributed by atoms with Crippen LogP contribution in [0.2, 0.25) is 0 Å². The first-order valence-electron chi connectivity index (χ1n) is 11.8. The SMILES string of the molecule is CC(=O)OC(C/C=C\CCC[C@H](C)[C@H](C)[C@@H](C)[C@@H](C)[C-](C)C)/C(C)=C/c1csc(C)n1.[Y]. The minimum absolute atomic E-state index is 0. The van der Waals surface area contributed by atoms with Crippen molar-refractivity contribution in [3.8, 4) is 0 Å². The minimum Gasteiger partial charge on any atom is -0.458 e. The van der Waals surface area contributed by atoms with E-state index in [1.54, 1.807) is 11.3 Å². The van der Waals surface area contributed by atoms with Gasteiger partial charge in [0.1, 0.15) is 6.10 Å². The molecule has 32 heavy (non-hydrogen) atoms. The molecule has 1 aromatic heterocycles. The summed E-state index contributed by atoms with van der Waals surface area (Å²) in [5.74, 6) is 4.14. The predicted octanol–water partition coefficient (Wildman–Crippen LogP) is 8.06. The second kappa shape index (κ2) is 16.3. The third-order valence-corrected chi connectivity index (χ3v) is 7.59. The Balaban J connectivity index is 0.00000961. The van der Waals surface area contributed by atoms with Gasteiger partial charge in [-0.25, -0.2) is 4.98 Å². The van der Waals surface area contributed by atoms with Crippen LogP contribution in [0.1, 0.15) is 91.8 Å². The van der Waals surface area contributed by atoms with Gasteiger partial charge in [-0.1, -0.05) is 52.2 Å². The van der Waals surface area contributed by atoms with Crippen molar-refractivity contribution in [3.63, 3.8) is 0 Å². The van der Waals surface area contributed by atoms with E-state index in [0.29, 0.717) is 12.3 Å². The van der Waals surface area contributed by atoms with Gasteiger partial charge in [-0.2, -0.15) is 19.8 Å². The van der Waals surface area contributed by atoms with E-state index < -0.39 is 0 Å². The van der Waals surface area contributed by atoms with Crippen LogP contribution >= 0.6 is 11.3 Å². The maximum Gasteiger partial charge on any atom is 0.303 e. The molecule has 0 spiro atoms. The molecule has 1 heterocycles. The number of nitrogens with zero attached hydrogens (tertiary/aromatic N) is 1. The van der Waals surface area contributed by atoms with Gasteiger partial charge in [0, 0.05) is 51.4 Å². The number of carbonyl (C=O) groups is 1. The number of allylic oxidation sites excluding steroid dienone is 1. The van der Waals surface area contributed by atoms with E-state index in [2.05, 4.69) is 58.7 Å². The molecule has 1 unspecified atom stereocenters. The Morgan fingerprint density at radius 3 is 2.34 bits per heavy atom. The Kier molecular flexibility index (Phi) is 16.2. The monoisotopic (exact) mass is 535 g/mol. The van der Waals surface area contributed by atoms with Crippen LogP contribution < -0.4 is 0 Å². The number of thiazole rings is 1. The van der Waals surface area contributed by atoms with Gasteiger partial charge in [-0.3, -0.25) is 4.79 Å². The smallest absolute Gasteiger partial charge is 0.303 e. The molecule has 179 valence electrons. The summed E-state index contributed by atoms with van der Waals surface area (Å²) in [4.78, 5) is 16.0. The number of aryl methyl sites for hydroxylation is 1. The second-order valence-corrected chi connectivity index (χ2v) is 10.5. The summed E-state index contributed by atoms with van der Waals surface area (Å²) in [6.07, 6.45) is 10.4. The van der Waals surface area contributed by atoms with Gasteiger partial charge in [-0.05, 0) is 50.2 Å². The maximum atomic E-state index is 11.5. The van der Waals surface area contributed by atoms with E-state index in [9.17, 15) is 4.79 Å². The number of esters is 1. The molecular weight excluding hydrogens is 491 g/mol. The molecule has 0 amide bonds. The van der Waals surface area contributed by atoms with E-state index in [1.807, 2.05) is 25.3 Å². The number of hydrogen-bond acceptors (Lipinski definition) is 4. The molecule has 0 bridgehead atoms. The molecule has 5 heteroatoms. The summed E-state index contributed by atoms with van der Waals surface area (Å²) in [7, 11) is 0. The molecule has 0 aliphatic carbocycles. The van der Waals surface area contributed by atoms with Crippen LogP contribution in [0.4, 0.5) is 0 Å². The van der Waals surface area contributed by atoms with Crippen LogP contribution in [-0.4, -0.2) is 17.1 Å². The van der Waals surface area contributed by atoms with Gasteiger partial charge in [0.05, 0.1) is 10.7 Å². The van der Waals surface area contributed by atoms with Gasteiger partial charge >= 0.3 is 5.97 Å². The minimum atomic E-state index is -0.244. The molecule has 3 nitrogen and oxygen atoms in total. The van der Waals surface area contributed by atoms with E-state index in [-0.39, 0.29) is 44.8 Å². The Morgan fingerprint density at radius 1 is 1.16 bits per heavy atom. The molecule has 0 saturated carbocycles. The van der Waals surface area contributed by atoms with Gasteiger partial charge in [0.15, 0.2) is 0 Å². The average Bonchev–Trinajstić information content (AvgIpc) is 3.11. The number of rotatable bonds is 13. The molecule has 1 rings (SSSR count). The summed E-state index contributed by atoms with van der Waals surface area (Å²) >= 11 is 1.63. The normalized spacial score (nSPS) is 17.0. The summed E-state index contributed by atoms with van der Waals surface area (Å²) in [6, 6.07) is 0. The van der Waals surface area contributed by atoms with Gasteiger partial charge < -0.3 is 10.7 Å². The number of ether oxygens (including phenoxy) is 1. The fourth-order valence-electron chi connectivity index (χ4n) is 3.96. The van der Waals surface area contributed by atoms with Crippen molar-refractivity contribution < 1.29 is 42.2 Å². The standard InChI is InChI=1S/C27H44NO2S.Y/c1-18(2)21(5)23(7)22(6)19(3)14-12-10-11-13-15-27(30-25(9)29)20(4)16-26-17-31-24(8)28-26;/h11,13,16-17,19,21-23,27H,10,12,14-15H2,1-9H3;/q-1;/b13-11-,20-16+;/t19-,21-,22-,23-,27?;/m0./s1. The molecule has 0 aliphatic heterocycles. The molecule has 0 N–H and O–H groups in total. The molecule has 0 aromatic carbocycles. The quantitative estimate of drug-likeness (QED) is 0.111. The van der Waals surface area contributed by atoms with Crippen molar-refractivity contribution in [2.24, 2.45) is 23.7 Å². The number of unbranched alkanes of at least 4 members (excludes halogenated alkanes) is 1. The third-order valence-electron chi connectivity index (χ3n) is 6.80. The Labute approximate surface area is 226 Å². The summed E-state index contributed by atoms with van der Waals surface area (Å²) in [6.45, 7) is 19.5. The zero-order valence-corrected chi connectivity index (χ0v) is 25.4. The van der Waals surface area contributed by atoms with Crippen molar-refractivity contribution in [1.29, 1.82) is 0 Å². The van der Waals surface area contributed by atoms with Gasteiger partial charge in [0.2, 0.25) is 0 Å². The molecule has 1 aromatic rings. The van der Waals surface area contributed by atoms with Crippen LogP contribution in [0.5, 0.6) is 0 Å². The summed E-state index contributed by atoms with van der Waals surface area (Å²) in [5, 5.41) is 3.07. The van der Waals surface area contributed by atoms with Gasteiger partial charge in [-0.15, -0.1) is 11.3 Å². The number of aromatic nitrogens is 1. The largest absolute Gasteiger partial charge is 0.458 e. The van der Waals surface area contributed by atoms with Crippen molar-refractivity contribution in [1.82, 2.24) is 4.98 Å². The van der Waals surface area contributed by atoms with E-state index in [1.165, 1.54) is 25.7 Å². The van der Waals surface area contributed by atoms with Crippen LogP contribution in [0.15, 0.2) is 23.1 Å². The van der Waals surface area contributed by atoms with E-state index in [4.69, 9.17) is 4.74 Å². The molecule has 0 fully saturated rings. The van der Waals surface area contributed by atoms with E-state index >= 15 is 0 Å². The van der Waals surface area contributed by atoms with Crippen molar-refractivity contribution >= 4 is 23.4 Å². The van der Waals surface area contributed by atoms with Crippen LogP contribution in [0.25, 0.3) is 6.08 Å². The maximum absolute atomic E-state index is 11.5. The number of hydrogen-bond donors (Lipinski definition) is 0. The molecule has 0 saturated heterocycles. The van der Waals surface area contributed by atoms with Gasteiger partial charge in [0.25, 0.3) is 0 Å². The molecule has 0 aliphatic rings. The van der Waals surface area contributed by atoms with Crippen LogP contribution in [0, 0.1) is 36.5 Å². The number of carbonyl (C=O) groups excluding carboxylic acids is 1. The van der Waals surface area contributed by atoms with Crippen molar-refractivity contribution in [2.45, 2.75) is 94.1 Å². The zero-order chi connectivity index (χ0) is 23.6. The first-order chi connectivity index (χ1) is 14.5. The first-order valence-corrected chi connectivity index (χ1v) is 12.6. The second-order valence-electron chi connectivity index (χ2n) is 9.48. The first kappa shape index (κ1) is 31.7. The fourth-order valence-corrected chi connectivity index (χ4v) is 4.53. The third kappa shape index (κ3) is 11.7. The Morgan fingerprint density at radius 2 is 1.81 bits per heavy atom. The summed E-state index contributed by atoms with van der Waals surface area (Å²) in [5.41, 5.74) is 1.96. The summed E-state index contributed by atoms with van der Waals surface area (Å²) < 4.78 is 5.55. The fraction of sp³-hybridized carbons (Fsp3) is 0.667. The van der Waals surface area contributed by atoms with Crippen molar-refractivity contribution in [3.05, 3.63) is 39.7 Å². The zero-order valence-electron chi connectivity index (χ0n) is 21.8. The Bertz CT molecular complexity index is 725. The molecule has 5 atom stereocenters. The van der Waals surface area contributed by atoms with Crippen LogP contribution in [0.3, 0.4) is 0 Å². The topological polar surface area (TPSA) is 39.2 Å². The molecular formula is C27H44NO2SY-. The van der Waals surface area contributed by atoms with E-state index in [0.717, 1.165) is 40.4 Å². The van der Waals surface area contributed by atoms with Crippen LogP contribution in [-0.2, 0) is 42.2 Å². The molecule has 1 radical (unpaired) electrons. The van der Waals surface area contributed by atoms with Crippen molar-refractivity contribution in [2.75, 3.05) is 0 Å². The Hall–Kier alpha value is -0.316.